The van der Waals surface area contributed by atoms with Crippen LogP contribution in [0, 0.1) is 11.8 Å². The van der Waals surface area contributed by atoms with Gasteiger partial charge in [-0.25, -0.2) is 0 Å². The summed E-state index contributed by atoms with van der Waals surface area (Å²) in [5.74, 6) is 1.27. The van der Waals surface area contributed by atoms with E-state index in [-0.39, 0.29) is 6.04 Å². The summed E-state index contributed by atoms with van der Waals surface area (Å²) in [7, 11) is 0. The Hall–Kier alpha value is -0.300. The summed E-state index contributed by atoms with van der Waals surface area (Å²) in [6.45, 7) is 11.1. The summed E-state index contributed by atoms with van der Waals surface area (Å²) in [5, 5.41) is 0. The average molecular weight is 183 g/mol. The summed E-state index contributed by atoms with van der Waals surface area (Å²) >= 11 is 0. The second-order valence-corrected chi connectivity index (χ2v) is 4.18. The van der Waals surface area contributed by atoms with Crippen LogP contribution in [0.25, 0.3) is 0 Å². The smallest absolute Gasteiger partial charge is 0.0252 e. The molecule has 0 radical (unpaired) electrons. The van der Waals surface area contributed by atoms with Crippen molar-refractivity contribution in [3.8, 4) is 0 Å². The molecule has 0 heterocycles. The number of hydrogen-bond donors (Lipinski definition) is 1. The molecular formula is C12H25N. The Balaban J connectivity index is 4.20. The first-order valence-electron chi connectivity index (χ1n) is 5.46. The van der Waals surface area contributed by atoms with Gasteiger partial charge in [-0.2, -0.15) is 0 Å². The molecule has 0 bridgehead atoms. The average Bonchev–Trinajstić information content (AvgIpc) is 2.14. The number of allylic oxidation sites excluding steroid dienone is 1. The van der Waals surface area contributed by atoms with Crippen molar-refractivity contribution in [2.24, 2.45) is 17.6 Å². The molecule has 3 atom stereocenters. The molecule has 0 aliphatic carbocycles. The summed E-state index contributed by atoms with van der Waals surface area (Å²) < 4.78 is 0. The predicted molar refractivity (Wildman–Crippen MR) is 60.6 cm³/mol. The van der Waals surface area contributed by atoms with Gasteiger partial charge in [-0.15, -0.1) is 0 Å². The van der Waals surface area contributed by atoms with E-state index < -0.39 is 0 Å². The zero-order chi connectivity index (χ0) is 10.4. The van der Waals surface area contributed by atoms with Crippen LogP contribution in [0.15, 0.2) is 11.6 Å². The molecule has 78 valence electrons. The fraction of sp³-hybridized carbons (Fsp3) is 0.833. The Kier molecular flexibility index (Phi) is 6.06. The van der Waals surface area contributed by atoms with Gasteiger partial charge in [-0.05, 0) is 25.2 Å². The largest absolute Gasteiger partial charge is 0.324 e. The Morgan fingerprint density at radius 3 is 2.15 bits per heavy atom. The summed E-state index contributed by atoms with van der Waals surface area (Å²) in [4.78, 5) is 0. The van der Waals surface area contributed by atoms with Gasteiger partial charge in [0.15, 0.2) is 0 Å². The summed E-state index contributed by atoms with van der Waals surface area (Å²) in [6.07, 6.45) is 4.60. The number of rotatable bonds is 5. The van der Waals surface area contributed by atoms with E-state index in [1.807, 2.05) is 0 Å². The molecule has 0 saturated carbocycles. The topological polar surface area (TPSA) is 26.0 Å². The highest BCUT2D eigenvalue weighted by molar-refractivity contribution is 5.07. The molecule has 1 nitrogen and oxygen atoms in total. The molecule has 0 rings (SSSR count). The minimum absolute atomic E-state index is 0.235. The first kappa shape index (κ1) is 12.7. The molecule has 0 aromatic rings. The van der Waals surface area contributed by atoms with Gasteiger partial charge >= 0.3 is 0 Å². The molecule has 0 amide bonds. The molecule has 1 heteroatoms. The van der Waals surface area contributed by atoms with E-state index in [1.165, 1.54) is 12.0 Å². The van der Waals surface area contributed by atoms with Gasteiger partial charge in [0.25, 0.3) is 0 Å². The van der Waals surface area contributed by atoms with Gasteiger partial charge in [0.2, 0.25) is 0 Å². The van der Waals surface area contributed by atoms with E-state index in [4.69, 9.17) is 5.73 Å². The maximum atomic E-state index is 6.04. The van der Waals surface area contributed by atoms with Crippen molar-refractivity contribution in [2.75, 3.05) is 0 Å². The van der Waals surface area contributed by atoms with Crippen LogP contribution in [-0.4, -0.2) is 6.04 Å². The lowest BCUT2D eigenvalue weighted by molar-refractivity contribution is 0.496. The molecule has 0 aromatic carbocycles. The van der Waals surface area contributed by atoms with Crippen molar-refractivity contribution < 1.29 is 0 Å². The first-order valence-corrected chi connectivity index (χ1v) is 5.46. The maximum absolute atomic E-state index is 6.04. The molecule has 0 spiro atoms. The Bertz CT molecular complexity index is 161. The lowest BCUT2D eigenvalue weighted by Crippen LogP contribution is -2.26. The molecule has 13 heavy (non-hydrogen) atoms. The number of nitrogens with two attached hydrogens (primary N) is 1. The van der Waals surface area contributed by atoms with Crippen LogP contribution < -0.4 is 5.73 Å². The van der Waals surface area contributed by atoms with E-state index >= 15 is 0 Å². The van der Waals surface area contributed by atoms with Crippen LogP contribution in [0.1, 0.15) is 47.5 Å². The fourth-order valence-electron chi connectivity index (χ4n) is 1.23. The summed E-state index contributed by atoms with van der Waals surface area (Å²) in [5.41, 5.74) is 7.48. The monoisotopic (exact) mass is 183 g/mol. The first-order chi connectivity index (χ1) is 6.02. The van der Waals surface area contributed by atoms with Crippen LogP contribution in [-0.2, 0) is 0 Å². The highest BCUT2D eigenvalue weighted by Crippen LogP contribution is 2.16. The number of hydrogen-bond acceptors (Lipinski definition) is 1. The standard InChI is InChI=1S/C12H25N/c1-6-9(3)11(5)8-12(13)10(4)7-2/h8-10,12H,6-7,13H2,1-5H3/b11-8-/t9-,10+,12?/m1/s1. The third-order valence-electron chi connectivity index (χ3n) is 3.15. The molecule has 0 fully saturated rings. The quantitative estimate of drug-likeness (QED) is 0.650. The molecule has 0 aliphatic rings. The third-order valence-corrected chi connectivity index (χ3v) is 3.15. The van der Waals surface area contributed by atoms with E-state index in [0.29, 0.717) is 11.8 Å². The minimum Gasteiger partial charge on any atom is -0.324 e. The van der Waals surface area contributed by atoms with E-state index in [1.54, 1.807) is 0 Å². The van der Waals surface area contributed by atoms with E-state index in [2.05, 4.69) is 40.7 Å². The van der Waals surface area contributed by atoms with E-state index in [0.717, 1.165) is 6.42 Å². The Labute approximate surface area is 83.4 Å². The van der Waals surface area contributed by atoms with Crippen LogP contribution in [0.5, 0.6) is 0 Å². The highest BCUT2D eigenvalue weighted by atomic mass is 14.6. The van der Waals surface area contributed by atoms with Gasteiger partial charge in [-0.3, -0.25) is 0 Å². The van der Waals surface area contributed by atoms with Crippen molar-refractivity contribution in [3.05, 3.63) is 11.6 Å². The van der Waals surface area contributed by atoms with Crippen LogP contribution in [0.4, 0.5) is 0 Å². The molecular weight excluding hydrogens is 158 g/mol. The molecule has 1 unspecified atom stereocenters. The van der Waals surface area contributed by atoms with Gasteiger partial charge < -0.3 is 5.73 Å². The molecule has 0 aromatic heterocycles. The third kappa shape index (κ3) is 4.47. The van der Waals surface area contributed by atoms with Crippen molar-refractivity contribution in [3.63, 3.8) is 0 Å². The predicted octanol–water partition coefficient (Wildman–Crippen LogP) is 3.35. The minimum atomic E-state index is 0.235. The van der Waals surface area contributed by atoms with Gasteiger partial charge in [-0.1, -0.05) is 45.8 Å². The fourth-order valence-corrected chi connectivity index (χ4v) is 1.23. The Morgan fingerprint density at radius 1 is 1.23 bits per heavy atom. The zero-order valence-electron chi connectivity index (χ0n) is 9.80. The molecule has 2 N–H and O–H groups in total. The van der Waals surface area contributed by atoms with Crippen molar-refractivity contribution in [1.29, 1.82) is 0 Å². The molecule has 0 saturated heterocycles. The van der Waals surface area contributed by atoms with Crippen LogP contribution in [0.2, 0.25) is 0 Å². The zero-order valence-corrected chi connectivity index (χ0v) is 9.80. The van der Waals surface area contributed by atoms with Gasteiger partial charge in [0.05, 0.1) is 0 Å². The van der Waals surface area contributed by atoms with Crippen molar-refractivity contribution in [1.82, 2.24) is 0 Å². The van der Waals surface area contributed by atoms with Crippen LogP contribution in [0.3, 0.4) is 0 Å². The highest BCUT2D eigenvalue weighted by Gasteiger charge is 2.09. The lowest BCUT2D eigenvalue weighted by Gasteiger charge is -2.17. The lowest BCUT2D eigenvalue weighted by atomic mass is 9.93. The Morgan fingerprint density at radius 2 is 1.77 bits per heavy atom. The second-order valence-electron chi connectivity index (χ2n) is 4.18. The van der Waals surface area contributed by atoms with Crippen molar-refractivity contribution in [2.45, 2.75) is 53.5 Å². The molecule has 0 aliphatic heterocycles. The SMILES string of the molecule is CC[C@@H](C)/C(C)=C\C(N)[C@@H](C)CC. The van der Waals surface area contributed by atoms with Crippen LogP contribution >= 0.6 is 0 Å². The normalized spacial score (nSPS) is 19.7. The van der Waals surface area contributed by atoms with E-state index in [9.17, 15) is 0 Å². The van der Waals surface area contributed by atoms with Gasteiger partial charge in [0, 0.05) is 6.04 Å². The van der Waals surface area contributed by atoms with Crippen molar-refractivity contribution >= 4 is 0 Å². The second kappa shape index (κ2) is 6.20. The summed E-state index contributed by atoms with van der Waals surface area (Å²) in [6, 6.07) is 0.235. The maximum Gasteiger partial charge on any atom is 0.0252 e. The van der Waals surface area contributed by atoms with Gasteiger partial charge in [0.1, 0.15) is 0 Å².